The second-order valence-corrected chi connectivity index (χ2v) is 10.2. The molecule has 1 atom stereocenters. The lowest BCUT2D eigenvalue weighted by molar-refractivity contribution is -0.111. The summed E-state index contributed by atoms with van der Waals surface area (Å²) in [7, 11) is 0. The van der Waals surface area contributed by atoms with E-state index in [1.165, 1.54) is 30.4 Å². The first kappa shape index (κ1) is 31.6. The molecule has 36 heavy (non-hydrogen) atoms. The Kier molecular flexibility index (Phi) is 16.5. The van der Waals surface area contributed by atoms with Crippen molar-refractivity contribution in [3.05, 3.63) is 47.9 Å². The third kappa shape index (κ3) is 13.0. The zero-order valence-electron chi connectivity index (χ0n) is 22.7. The molecule has 1 aromatic carbocycles. The number of thioether (sulfide) groups is 1. The molecule has 1 N–H and O–H groups in total. The number of ether oxygens (including phenoxy) is 1. The minimum absolute atomic E-state index is 0.00441. The molecule has 200 valence electrons. The Hall–Kier alpha value is -2.45. The van der Waals surface area contributed by atoms with Gasteiger partial charge in [-0.3, -0.25) is 9.78 Å². The van der Waals surface area contributed by atoms with Crippen LogP contribution in [-0.4, -0.2) is 51.1 Å². The second kappa shape index (κ2) is 18.8. The molecular weight excluding hydrogens is 474 g/mol. The Bertz CT molecular complexity index is 883. The number of rotatable bonds is 10. The lowest BCUT2D eigenvalue weighted by atomic mass is 10.1. The van der Waals surface area contributed by atoms with Crippen LogP contribution < -0.4 is 4.74 Å². The normalized spacial score (nSPS) is 14.1. The maximum atomic E-state index is 11.8. The van der Waals surface area contributed by atoms with Gasteiger partial charge in [-0.2, -0.15) is 0 Å². The number of aromatic nitrogens is 2. The first-order valence-corrected chi connectivity index (χ1v) is 13.8. The van der Waals surface area contributed by atoms with Crippen molar-refractivity contribution >= 4 is 23.3 Å². The standard InChI is InChI=1S/C18H25NO2S.C7H10N2O2.C3H8/c1-4-13(2)22-17-11-9-15(10-12-17)18(14(3)20)19-21-16-7-5-6-8-16;1-6-4-9-7(5-8-6)11-3-2-10;1-3-2/h9-13,16H,4-8H2,1-3H3;4-5,10H,2-3H2,1H3;3H2,1-2H3/b19-18-;;. The number of ketones is 1. The number of carbonyl (C=O) groups excluding carboxylic acids is 1. The highest BCUT2D eigenvalue weighted by Crippen LogP contribution is 2.25. The first-order valence-electron chi connectivity index (χ1n) is 12.9. The number of aliphatic hydroxyl groups is 1. The third-order valence-electron chi connectivity index (χ3n) is 5.07. The molecule has 1 fully saturated rings. The first-order chi connectivity index (χ1) is 17.3. The van der Waals surface area contributed by atoms with Gasteiger partial charge < -0.3 is 14.7 Å². The Morgan fingerprint density at radius 3 is 2.28 bits per heavy atom. The molecule has 0 saturated heterocycles. The molecule has 3 rings (SSSR count). The summed E-state index contributed by atoms with van der Waals surface area (Å²) in [6.07, 6.45) is 10.2. The molecule has 0 bridgehead atoms. The molecule has 1 unspecified atom stereocenters. The van der Waals surface area contributed by atoms with E-state index < -0.39 is 0 Å². The quantitative estimate of drug-likeness (QED) is 0.221. The lowest BCUT2D eigenvalue weighted by Crippen LogP contribution is -2.14. The predicted molar refractivity (Wildman–Crippen MR) is 148 cm³/mol. The van der Waals surface area contributed by atoms with Crippen molar-refractivity contribution in [2.45, 2.75) is 96.3 Å². The summed E-state index contributed by atoms with van der Waals surface area (Å²) in [4.78, 5) is 26.5. The molecule has 1 saturated carbocycles. The second-order valence-electron chi connectivity index (χ2n) is 8.64. The van der Waals surface area contributed by atoms with Crippen LogP contribution in [0.4, 0.5) is 0 Å². The molecule has 0 spiro atoms. The van der Waals surface area contributed by atoms with E-state index in [0.717, 1.165) is 30.5 Å². The van der Waals surface area contributed by atoms with Crippen molar-refractivity contribution in [2.24, 2.45) is 5.16 Å². The maximum absolute atomic E-state index is 11.8. The molecule has 1 aromatic heterocycles. The number of carbonyl (C=O) groups is 1. The van der Waals surface area contributed by atoms with E-state index in [-0.39, 0.29) is 25.1 Å². The van der Waals surface area contributed by atoms with Gasteiger partial charge in [-0.25, -0.2) is 4.98 Å². The van der Waals surface area contributed by atoms with Crippen molar-refractivity contribution in [1.82, 2.24) is 9.97 Å². The van der Waals surface area contributed by atoms with Gasteiger partial charge in [0.2, 0.25) is 5.88 Å². The van der Waals surface area contributed by atoms with Crippen molar-refractivity contribution in [2.75, 3.05) is 13.2 Å². The molecule has 1 heterocycles. The topological polar surface area (TPSA) is 93.9 Å². The van der Waals surface area contributed by atoms with Crippen LogP contribution in [0.3, 0.4) is 0 Å². The van der Waals surface area contributed by atoms with Crippen LogP contribution in [0.2, 0.25) is 0 Å². The summed E-state index contributed by atoms with van der Waals surface area (Å²) in [5, 5.41) is 13.1. The van der Waals surface area contributed by atoms with Gasteiger partial charge in [-0.05, 0) is 51.2 Å². The number of Topliss-reactive ketones (excluding diaryl/α,β-unsaturated/α-hetero) is 1. The van der Waals surface area contributed by atoms with Gasteiger partial charge in [0.25, 0.3) is 0 Å². The van der Waals surface area contributed by atoms with Crippen LogP contribution in [-0.2, 0) is 9.63 Å². The van der Waals surface area contributed by atoms with E-state index in [1.54, 1.807) is 13.1 Å². The minimum Gasteiger partial charge on any atom is -0.474 e. The average Bonchev–Trinajstić information content (AvgIpc) is 3.39. The number of aliphatic hydroxyl groups excluding tert-OH is 1. The van der Waals surface area contributed by atoms with Gasteiger partial charge >= 0.3 is 0 Å². The van der Waals surface area contributed by atoms with Crippen molar-refractivity contribution in [3.63, 3.8) is 0 Å². The van der Waals surface area contributed by atoms with Gasteiger partial charge in [0, 0.05) is 22.6 Å². The fraction of sp³-hybridized carbons (Fsp3) is 0.571. The number of nitrogens with zero attached hydrogens (tertiary/aromatic N) is 3. The number of benzene rings is 1. The van der Waals surface area contributed by atoms with Crippen LogP contribution in [0.15, 0.2) is 46.7 Å². The highest BCUT2D eigenvalue weighted by Gasteiger charge is 2.18. The molecule has 0 amide bonds. The molecule has 1 aliphatic carbocycles. The molecule has 0 aliphatic heterocycles. The van der Waals surface area contributed by atoms with Crippen molar-refractivity contribution in [3.8, 4) is 5.88 Å². The van der Waals surface area contributed by atoms with Gasteiger partial charge in [0.1, 0.15) is 12.7 Å². The van der Waals surface area contributed by atoms with E-state index in [2.05, 4.69) is 55.0 Å². The highest BCUT2D eigenvalue weighted by atomic mass is 32.2. The molecule has 1 aliphatic rings. The van der Waals surface area contributed by atoms with Gasteiger partial charge in [-0.1, -0.05) is 51.4 Å². The van der Waals surface area contributed by atoms with Crippen LogP contribution in [0.5, 0.6) is 5.88 Å². The van der Waals surface area contributed by atoms with Gasteiger partial charge in [0.15, 0.2) is 11.5 Å². The summed E-state index contributed by atoms with van der Waals surface area (Å²) >= 11 is 1.85. The Balaban J connectivity index is 0.000000386. The SMILES string of the molecule is CCC.CCC(C)Sc1ccc(/C(=N\OC2CCCC2)C(C)=O)cc1.Cc1cnc(OCCO)cn1. The predicted octanol–water partition coefficient (Wildman–Crippen LogP) is 6.40. The Morgan fingerprint density at radius 1 is 1.14 bits per heavy atom. The fourth-order valence-corrected chi connectivity index (χ4v) is 3.98. The van der Waals surface area contributed by atoms with Gasteiger partial charge in [0.05, 0.1) is 24.7 Å². The third-order valence-corrected chi connectivity index (χ3v) is 6.35. The number of hydrogen-bond donors (Lipinski definition) is 1. The van der Waals surface area contributed by atoms with Crippen LogP contribution in [0, 0.1) is 6.92 Å². The monoisotopic (exact) mass is 517 g/mol. The van der Waals surface area contributed by atoms with E-state index in [1.807, 2.05) is 30.8 Å². The number of aryl methyl sites for hydroxylation is 1. The highest BCUT2D eigenvalue weighted by molar-refractivity contribution is 7.99. The Labute approximate surface area is 221 Å². The van der Waals surface area contributed by atoms with Crippen molar-refractivity contribution < 1.29 is 19.5 Å². The largest absolute Gasteiger partial charge is 0.474 e. The van der Waals surface area contributed by atoms with E-state index in [0.29, 0.717) is 16.8 Å². The summed E-state index contributed by atoms with van der Waals surface area (Å²) in [6.45, 7) is 12.3. The summed E-state index contributed by atoms with van der Waals surface area (Å²) in [6, 6.07) is 8.03. The average molecular weight is 518 g/mol. The zero-order valence-corrected chi connectivity index (χ0v) is 23.5. The van der Waals surface area contributed by atoms with E-state index >= 15 is 0 Å². The Morgan fingerprint density at radius 2 is 1.78 bits per heavy atom. The maximum Gasteiger partial charge on any atom is 0.232 e. The van der Waals surface area contributed by atoms with Crippen LogP contribution in [0.25, 0.3) is 0 Å². The fourth-order valence-electron chi connectivity index (χ4n) is 3.05. The summed E-state index contributed by atoms with van der Waals surface area (Å²) in [5.41, 5.74) is 2.10. The summed E-state index contributed by atoms with van der Waals surface area (Å²) < 4.78 is 4.99. The molecule has 7 nitrogen and oxygen atoms in total. The molecule has 2 aromatic rings. The smallest absolute Gasteiger partial charge is 0.232 e. The van der Waals surface area contributed by atoms with Crippen LogP contribution >= 0.6 is 11.8 Å². The number of oxime groups is 1. The lowest BCUT2D eigenvalue weighted by Gasteiger charge is -2.10. The molecule has 0 radical (unpaired) electrons. The molecule has 8 heteroatoms. The minimum atomic E-state index is -0.0553. The van der Waals surface area contributed by atoms with Crippen LogP contribution in [0.1, 0.15) is 84.4 Å². The van der Waals surface area contributed by atoms with E-state index in [4.69, 9.17) is 14.7 Å². The number of hydrogen-bond acceptors (Lipinski definition) is 8. The van der Waals surface area contributed by atoms with Crippen molar-refractivity contribution in [1.29, 1.82) is 0 Å². The molecular formula is C28H43N3O4S. The summed E-state index contributed by atoms with van der Waals surface area (Å²) in [5.74, 6) is 0.393. The van der Waals surface area contributed by atoms with Gasteiger partial charge in [-0.15, -0.1) is 11.8 Å². The zero-order chi connectivity index (χ0) is 26.8. The van der Waals surface area contributed by atoms with E-state index in [9.17, 15) is 4.79 Å².